The van der Waals surface area contributed by atoms with Crippen LogP contribution in [0, 0.1) is 0 Å². The molecule has 0 fully saturated rings. The van der Waals surface area contributed by atoms with Gasteiger partial charge in [0, 0.05) is 17.1 Å². The van der Waals surface area contributed by atoms with Gasteiger partial charge in [-0.1, -0.05) is 0 Å². The Hall–Kier alpha value is -2.68. The first-order chi connectivity index (χ1) is 10.9. The van der Waals surface area contributed by atoms with E-state index in [1.165, 1.54) is 29.7 Å². The van der Waals surface area contributed by atoms with Crippen molar-refractivity contribution in [2.24, 2.45) is 0 Å². The van der Waals surface area contributed by atoms with Crippen LogP contribution in [0.25, 0.3) is 11.5 Å². The number of hydrogen-bond donors (Lipinski definition) is 1. The molecule has 0 aliphatic carbocycles. The van der Waals surface area contributed by atoms with Gasteiger partial charge in [-0.25, -0.2) is 9.97 Å². The lowest BCUT2D eigenvalue weighted by Crippen LogP contribution is -2.11. The number of anilines is 1. The average Bonchev–Trinajstić information content (AvgIpc) is 3.17. The standard InChI is InChI=1S/C14H8F3N3O2S/c15-14(16,17)9-3-1-8(2-4-9)12-19-10(7-22-12)11(21)20-13-18-5-6-23-13/h1-7H,(H,18,20,21). The molecule has 3 rings (SSSR count). The summed E-state index contributed by atoms with van der Waals surface area (Å²) < 4.78 is 42.7. The minimum atomic E-state index is -4.41. The van der Waals surface area contributed by atoms with Crippen molar-refractivity contribution in [1.29, 1.82) is 0 Å². The maximum absolute atomic E-state index is 12.5. The number of rotatable bonds is 3. The van der Waals surface area contributed by atoms with Crippen LogP contribution >= 0.6 is 11.3 Å². The van der Waals surface area contributed by atoms with Gasteiger partial charge in [-0.3, -0.25) is 10.1 Å². The summed E-state index contributed by atoms with van der Waals surface area (Å²) in [6.07, 6.45) is -1.74. The molecule has 0 radical (unpaired) electrons. The summed E-state index contributed by atoms with van der Waals surface area (Å²) in [5.41, 5.74) is -0.420. The van der Waals surface area contributed by atoms with Crippen molar-refractivity contribution in [3.8, 4) is 11.5 Å². The lowest BCUT2D eigenvalue weighted by atomic mass is 10.1. The first-order valence-corrected chi connectivity index (χ1v) is 7.15. The van der Waals surface area contributed by atoms with E-state index in [9.17, 15) is 18.0 Å². The second-order valence-electron chi connectivity index (χ2n) is 4.40. The van der Waals surface area contributed by atoms with Crippen molar-refractivity contribution in [3.63, 3.8) is 0 Å². The fourth-order valence-electron chi connectivity index (χ4n) is 1.76. The summed E-state index contributed by atoms with van der Waals surface area (Å²) in [5, 5.41) is 4.64. The molecule has 0 aliphatic heterocycles. The van der Waals surface area contributed by atoms with Crippen LogP contribution in [0.2, 0.25) is 0 Å². The van der Waals surface area contributed by atoms with Crippen molar-refractivity contribution >= 4 is 22.4 Å². The Morgan fingerprint density at radius 3 is 2.57 bits per heavy atom. The Kier molecular flexibility index (Phi) is 3.87. The number of nitrogens with zero attached hydrogens (tertiary/aromatic N) is 2. The topological polar surface area (TPSA) is 68.0 Å². The molecular formula is C14H8F3N3O2S. The smallest absolute Gasteiger partial charge is 0.416 e. The summed E-state index contributed by atoms with van der Waals surface area (Å²) in [4.78, 5) is 19.8. The molecule has 0 saturated heterocycles. The van der Waals surface area contributed by atoms with Crippen molar-refractivity contribution in [2.45, 2.75) is 6.18 Å². The van der Waals surface area contributed by atoms with E-state index in [-0.39, 0.29) is 11.6 Å². The molecular weight excluding hydrogens is 331 g/mol. The Bertz CT molecular complexity index is 811. The van der Waals surface area contributed by atoms with Gasteiger partial charge in [0.05, 0.1) is 5.56 Å². The first-order valence-electron chi connectivity index (χ1n) is 6.27. The molecule has 1 N–H and O–H groups in total. The fourth-order valence-corrected chi connectivity index (χ4v) is 2.28. The summed E-state index contributed by atoms with van der Waals surface area (Å²) in [6.45, 7) is 0. The molecule has 1 aromatic carbocycles. The van der Waals surface area contributed by atoms with E-state index in [1.807, 2.05) is 0 Å². The molecule has 118 valence electrons. The zero-order valence-corrected chi connectivity index (χ0v) is 12.1. The minimum absolute atomic E-state index is 0.00935. The number of carbonyl (C=O) groups is 1. The van der Waals surface area contributed by atoms with E-state index in [4.69, 9.17) is 4.42 Å². The zero-order valence-electron chi connectivity index (χ0n) is 11.3. The van der Waals surface area contributed by atoms with Crippen LogP contribution in [0.3, 0.4) is 0 Å². The molecule has 0 bridgehead atoms. The Balaban J connectivity index is 1.77. The van der Waals surface area contributed by atoms with Crippen LogP contribution in [0.1, 0.15) is 16.1 Å². The predicted octanol–water partition coefficient (Wildman–Crippen LogP) is 4.07. The number of aromatic nitrogens is 2. The number of amides is 1. The molecule has 2 aromatic heterocycles. The Labute approximate surface area is 131 Å². The van der Waals surface area contributed by atoms with Gasteiger partial charge < -0.3 is 4.42 Å². The number of benzene rings is 1. The molecule has 0 spiro atoms. The van der Waals surface area contributed by atoms with Crippen molar-refractivity contribution in [2.75, 3.05) is 5.32 Å². The highest BCUT2D eigenvalue weighted by Gasteiger charge is 2.30. The van der Waals surface area contributed by atoms with Crippen molar-refractivity contribution in [1.82, 2.24) is 9.97 Å². The van der Waals surface area contributed by atoms with Crippen LogP contribution in [0.15, 0.2) is 46.5 Å². The SMILES string of the molecule is O=C(Nc1nccs1)c1coc(-c2ccc(C(F)(F)F)cc2)n1. The highest BCUT2D eigenvalue weighted by atomic mass is 32.1. The summed E-state index contributed by atoms with van der Waals surface area (Å²) in [6, 6.07) is 4.32. The largest absolute Gasteiger partial charge is 0.444 e. The number of oxazole rings is 1. The number of halogens is 3. The van der Waals surface area contributed by atoms with Gasteiger partial charge >= 0.3 is 6.18 Å². The van der Waals surface area contributed by atoms with Gasteiger partial charge in [0.25, 0.3) is 5.91 Å². The molecule has 3 aromatic rings. The van der Waals surface area contributed by atoms with Crippen LogP contribution in [0.4, 0.5) is 18.3 Å². The van der Waals surface area contributed by atoms with Gasteiger partial charge in [-0.2, -0.15) is 13.2 Å². The van der Waals surface area contributed by atoms with Gasteiger partial charge in [0.1, 0.15) is 6.26 Å². The van der Waals surface area contributed by atoms with Crippen LogP contribution in [-0.4, -0.2) is 15.9 Å². The molecule has 5 nitrogen and oxygen atoms in total. The van der Waals surface area contributed by atoms with E-state index >= 15 is 0 Å². The number of hydrogen-bond acceptors (Lipinski definition) is 5. The van der Waals surface area contributed by atoms with Crippen LogP contribution < -0.4 is 5.32 Å². The van der Waals surface area contributed by atoms with Gasteiger partial charge in [0.2, 0.25) is 5.89 Å². The molecule has 0 saturated carbocycles. The Morgan fingerprint density at radius 2 is 1.96 bits per heavy atom. The summed E-state index contributed by atoms with van der Waals surface area (Å²) in [7, 11) is 0. The third-order valence-corrected chi connectivity index (χ3v) is 3.54. The fraction of sp³-hybridized carbons (Fsp3) is 0.0714. The second kappa shape index (κ2) is 5.84. The molecule has 1 amide bonds. The zero-order chi connectivity index (χ0) is 16.4. The highest BCUT2D eigenvalue weighted by molar-refractivity contribution is 7.13. The van der Waals surface area contributed by atoms with E-state index < -0.39 is 17.6 Å². The molecule has 0 unspecified atom stereocenters. The van der Waals surface area contributed by atoms with E-state index in [2.05, 4.69) is 15.3 Å². The number of nitrogens with one attached hydrogen (secondary N) is 1. The second-order valence-corrected chi connectivity index (χ2v) is 5.30. The lowest BCUT2D eigenvalue weighted by molar-refractivity contribution is -0.137. The van der Waals surface area contributed by atoms with Crippen molar-refractivity contribution in [3.05, 3.63) is 53.4 Å². The monoisotopic (exact) mass is 339 g/mol. The number of alkyl halides is 3. The van der Waals surface area contributed by atoms with E-state index in [0.717, 1.165) is 18.4 Å². The maximum atomic E-state index is 12.5. The third-order valence-electron chi connectivity index (χ3n) is 2.85. The lowest BCUT2D eigenvalue weighted by Gasteiger charge is -2.05. The first kappa shape index (κ1) is 15.2. The quantitative estimate of drug-likeness (QED) is 0.781. The molecule has 0 aliphatic rings. The van der Waals surface area contributed by atoms with Gasteiger partial charge in [-0.15, -0.1) is 11.3 Å². The van der Waals surface area contributed by atoms with Crippen LogP contribution in [-0.2, 0) is 6.18 Å². The normalized spacial score (nSPS) is 11.4. The van der Waals surface area contributed by atoms with Crippen molar-refractivity contribution < 1.29 is 22.4 Å². The van der Waals surface area contributed by atoms with E-state index in [0.29, 0.717) is 10.7 Å². The number of thiazole rings is 1. The van der Waals surface area contributed by atoms with Crippen LogP contribution in [0.5, 0.6) is 0 Å². The summed E-state index contributed by atoms with van der Waals surface area (Å²) in [5.74, 6) is -0.454. The predicted molar refractivity (Wildman–Crippen MR) is 77.0 cm³/mol. The maximum Gasteiger partial charge on any atom is 0.416 e. The van der Waals surface area contributed by atoms with E-state index in [1.54, 1.807) is 5.38 Å². The van der Waals surface area contributed by atoms with Gasteiger partial charge in [0.15, 0.2) is 10.8 Å². The Morgan fingerprint density at radius 1 is 1.22 bits per heavy atom. The molecule has 2 heterocycles. The minimum Gasteiger partial charge on any atom is -0.444 e. The summed E-state index contributed by atoms with van der Waals surface area (Å²) >= 11 is 1.24. The van der Waals surface area contributed by atoms with Gasteiger partial charge in [-0.05, 0) is 24.3 Å². The average molecular weight is 339 g/mol. The molecule has 23 heavy (non-hydrogen) atoms. The number of carbonyl (C=O) groups excluding carboxylic acids is 1. The highest BCUT2D eigenvalue weighted by Crippen LogP contribution is 2.30. The molecule has 0 atom stereocenters. The third kappa shape index (κ3) is 3.39. The molecule has 9 heteroatoms.